The maximum Gasteiger partial charge on any atom is 0.180 e. The molecule has 0 aliphatic rings. The summed E-state index contributed by atoms with van der Waals surface area (Å²) >= 11 is 28.8. The molecule has 0 aliphatic heterocycles. The summed E-state index contributed by atoms with van der Waals surface area (Å²) in [5.74, 6) is 0. The van der Waals surface area contributed by atoms with E-state index in [-0.39, 0.29) is 7.43 Å². The van der Waals surface area contributed by atoms with Crippen LogP contribution in [0.2, 0.25) is 0 Å². The Morgan fingerprint density at radius 1 is 0.556 bits per heavy atom. The second-order valence-corrected chi connectivity index (χ2v) is 4.45. The van der Waals surface area contributed by atoms with E-state index in [2.05, 4.69) is 0 Å². The minimum absolute atomic E-state index is 0. The minimum Gasteiger partial charge on any atom is -0.0874 e. The molecule has 0 unspecified atom stereocenters. The van der Waals surface area contributed by atoms with Crippen molar-refractivity contribution in [2.75, 3.05) is 0 Å². The van der Waals surface area contributed by atoms with Gasteiger partial charge in [-0.25, -0.2) is 0 Å². The van der Waals surface area contributed by atoms with Gasteiger partial charge < -0.3 is 0 Å². The first-order valence-corrected chi connectivity index (χ1v) is 3.93. The van der Waals surface area contributed by atoms with Gasteiger partial charge in [0.25, 0.3) is 0 Å². The molecule has 0 aliphatic carbocycles. The highest BCUT2D eigenvalue weighted by atomic mass is 35.6. The first kappa shape index (κ1) is 17.0. The van der Waals surface area contributed by atoms with Gasteiger partial charge in [0.05, 0.1) is 0 Å². The Kier molecular flexibility index (Phi) is 23.5. The van der Waals surface area contributed by atoms with Crippen LogP contribution in [0.15, 0.2) is 0 Å². The normalized spacial score (nSPS) is 8.00. The van der Waals surface area contributed by atoms with Crippen LogP contribution in [-0.4, -0.2) is 8.59 Å². The third-order valence-corrected chi connectivity index (χ3v) is 0. The van der Waals surface area contributed by atoms with Crippen molar-refractivity contribution in [1.29, 1.82) is 0 Å². The number of rotatable bonds is 0. The van der Waals surface area contributed by atoms with Crippen LogP contribution >= 0.6 is 69.6 Å². The van der Waals surface area contributed by atoms with Crippen molar-refractivity contribution in [1.82, 2.24) is 0 Å². The fraction of sp³-hybridized carbons (Fsp3) is 1.00. The van der Waals surface area contributed by atoms with Crippen LogP contribution < -0.4 is 0 Å². The highest BCUT2D eigenvalue weighted by Gasteiger charge is 1.79. The molecular formula is C3H6Cl6. The van der Waals surface area contributed by atoms with Crippen LogP contribution in [0.4, 0.5) is 0 Å². The van der Waals surface area contributed by atoms with Crippen LogP contribution in [0.5, 0.6) is 0 Å². The molecule has 0 aromatic carbocycles. The van der Waals surface area contributed by atoms with E-state index in [1.165, 1.54) is 0 Å². The standard InChI is InChI=1S/2CHCl3.CH4/c2*2-1(3)4;/h2*1H;1H4. The smallest absolute Gasteiger partial charge is 0.0874 e. The van der Waals surface area contributed by atoms with E-state index in [0.29, 0.717) is 0 Å². The minimum atomic E-state index is -0.750. The molecule has 0 saturated heterocycles. The van der Waals surface area contributed by atoms with Crippen LogP contribution in [0.25, 0.3) is 0 Å². The molecule has 0 saturated carbocycles. The van der Waals surface area contributed by atoms with Gasteiger partial charge in [-0.15, -0.1) is 0 Å². The van der Waals surface area contributed by atoms with E-state index in [1.807, 2.05) is 0 Å². The first-order chi connectivity index (χ1) is 3.46. The zero-order valence-corrected chi connectivity index (χ0v) is 7.96. The Balaban J connectivity index is -0.0000000720. The van der Waals surface area contributed by atoms with Gasteiger partial charge in [-0.1, -0.05) is 77.0 Å². The Labute approximate surface area is 85.3 Å². The monoisotopic (exact) mass is 252 g/mol. The van der Waals surface area contributed by atoms with Gasteiger partial charge in [-0.05, 0) is 0 Å². The molecular weight excluding hydrogens is 249 g/mol. The van der Waals surface area contributed by atoms with Crippen LogP contribution in [0, 0.1) is 0 Å². The summed E-state index contributed by atoms with van der Waals surface area (Å²) < 4.78 is -1.50. The van der Waals surface area contributed by atoms with E-state index in [1.54, 1.807) is 0 Å². The van der Waals surface area contributed by atoms with Crippen molar-refractivity contribution >= 4 is 69.6 Å². The largest absolute Gasteiger partial charge is 0.180 e. The fourth-order valence-electron chi connectivity index (χ4n) is 0. The summed E-state index contributed by atoms with van der Waals surface area (Å²) in [5, 5.41) is 0. The van der Waals surface area contributed by atoms with Crippen molar-refractivity contribution in [3.8, 4) is 0 Å². The van der Waals surface area contributed by atoms with Gasteiger partial charge in [0.1, 0.15) is 0 Å². The molecule has 60 valence electrons. The van der Waals surface area contributed by atoms with Crippen molar-refractivity contribution < 1.29 is 0 Å². The van der Waals surface area contributed by atoms with E-state index in [0.717, 1.165) is 0 Å². The molecule has 0 aromatic heterocycles. The lowest BCUT2D eigenvalue weighted by molar-refractivity contribution is 1.96. The van der Waals surface area contributed by atoms with Crippen molar-refractivity contribution in [3.63, 3.8) is 0 Å². The van der Waals surface area contributed by atoms with Crippen LogP contribution in [0.3, 0.4) is 0 Å². The summed E-state index contributed by atoms with van der Waals surface area (Å²) in [5.41, 5.74) is 0. The van der Waals surface area contributed by atoms with Crippen molar-refractivity contribution in [3.05, 3.63) is 0 Å². The Morgan fingerprint density at radius 2 is 0.556 bits per heavy atom. The molecule has 0 amide bonds. The maximum absolute atomic E-state index is 4.81. The third-order valence-electron chi connectivity index (χ3n) is 0. The zero-order chi connectivity index (χ0) is 7.15. The molecule has 0 fully saturated rings. The molecule has 9 heavy (non-hydrogen) atoms. The second-order valence-electron chi connectivity index (χ2n) is 0.495. The average molecular weight is 255 g/mol. The average Bonchev–Trinajstić information content (AvgIpc) is 1.25. The highest BCUT2D eigenvalue weighted by molar-refractivity contribution is 6.63. The summed E-state index contributed by atoms with van der Waals surface area (Å²) in [7, 11) is 0. The Bertz CT molecular complexity index is 23.8. The van der Waals surface area contributed by atoms with Crippen molar-refractivity contribution in [2.45, 2.75) is 16.0 Å². The van der Waals surface area contributed by atoms with Gasteiger partial charge >= 0.3 is 0 Å². The molecule has 0 atom stereocenters. The predicted octanol–water partition coefficient (Wildman–Crippen LogP) is 4.61. The Morgan fingerprint density at radius 3 is 0.556 bits per heavy atom. The van der Waals surface area contributed by atoms with E-state index < -0.39 is 8.59 Å². The molecule has 6 heteroatoms. The van der Waals surface area contributed by atoms with Crippen LogP contribution in [0.1, 0.15) is 7.43 Å². The number of alkyl halides is 6. The summed E-state index contributed by atoms with van der Waals surface area (Å²) in [4.78, 5) is 0. The molecule has 0 rings (SSSR count). The SMILES string of the molecule is C.ClC(Cl)Cl.ClC(Cl)Cl. The topological polar surface area (TPSA) is 0 Å². The summed E-state index contributed by atoms with van der Waals surface area (Å²) in [6.07, 6.45) is 0. The lowest BCUT2D eigenvalue weighted by atomic mass is 11.9. The quantitative estimate of drug-likeness (QED) is 0.554. The summed E-state index contributed by atoms with van der Waals surface area (Å²) in [6.45, 7) is 0. The van der Waals surface area contributed by atoms with E-state index in [9.17, 15) is 0 Å². The highest BCUT2D eigenvalue weighted by Crippen LogP contribution is 2.04. The van der Waals surface area contributed by atoms with E-state index >= 15 is 0 Å². The van der Waals surface area contributed by atoms with Gasteiger partial charge in [-0.3, -0.25) is 0 Å². The Hall–Kier alpha value is 1.74. The number of hydrogen-bond donors (Lipinski definition) is 0. The maximum atomic E-state index is 4.81. The van der Waals surface area contributed by atoms with Gasteiger partial charge in [0, 0.05) is 0 Å². The number of halogens is 6. The molecule has 0 bridgehead atoms. The first-order valence-electron chi connectivity index (χ1n) is 1.31. The van der Waals surface area contributed by atoms with Crippen LogP contribution in [-0.2, 0) is 0 Å². The van der Waals surface area contributed by atoms with Gasteiger partial charge in [0.15, 0.2) is 8.59 Å². The molecule has 0 spiro atoms. The molecule has 0 radical (unpaired) electrons. The zero-order valence-electron chi connectivity index (χ0n) is 3.42. The molecule has 0 N–H and O–H groups in total. The van der Waals surface area contributed by atoms with E-state index in [4.69, 9.17) is 69.6 Å². The van der Waals surface area contributed by atoms with Gasteiger partial charge in [-0.2, -0.15) is 0 Å². The third kappa shape index (κ3) is 193. The molecule has 0 aromatic rings. The summed E-state index contributed by atoms with van der Waals surface area (Å²) in [6, 6.07) is 0. The second kappa shape index (κ2) is 12.4. The van der Waals surface area contributed by atoms with Gasteiger partial charge in [0.2, 0.25) is 0 Å². The lowest BCUT2D eigenvalue weighted by Gasteiger charge is -1.69. The lowest BCUT2D eigenvalue weighted by Crippen LogP contribution is -1.55. The molecule has 0 heterocycles. The fourth-order valence-corrected chi connectivity index (χ4v) is 0. The van der Waals surface area contributed by atoms with Crippen molar-refractivity contribution in [2.24, 2.45) is 0 Å². The predicted molar refractivity (Wildman–Crippen MR) is 49.4 cm³/mol. The molecule has 0 nitrogen and oxygen atoms in total. The number of hydrogen-bond acceptors (Lipinski definition) is 0.